The van der Waals surface area contributed by atoms with Crippen molar-refractivity contribution in [2.75, 3.05) is 19.7 Å². The third-order valence-corrected chi connectivity index (χ3v) is 6.06. The lowest BCUT2D eigenvalue weighted by Crippen LogP contribution is -2.48. The molecule has 10 heteroatoms. The van der Waals surface area contributed by atoms with Gasteiger partial charge in [0.15, 0.2) is 0 Å². The Kier molecular flexibility index (Phi) is 10.00. The lowest BCUT2D eigenvalue weighted by atomic mass is 10.1. The van der Waals surface area contributed by atoms with Crippen LogP contribution in [0.15, 0.2) is 48.5 Å². The zero-order valence-electron chi connectivity index (χ0n) is 21.0. The summed E-state index contributed by atoms with van der Waals surface area (Å²) in [7, 11) is 0. The molecule has 0 saturated heterocycles. The molecule has 0 spiro atoms. The van der Waals surface area contributed by atoms with Crippen molar-refractivity contribution in [3.8, 4) is 5.75 Å². The van der Waals surface area contributed by atoms with Crippen LogP contribution in [-0.2, 0) is 20.8 Å². The van der Waals surface area contributed by atoms with Gasteiger partial charge in [0.05, 0.1) is 18.2 Å². The van der Waals surface area contributed by atoms with E-state index in [4.69, 9.17) is 4.74 Å². The van der Waals surface area contributed by atoms with Crippen molar-refractivity contribution in [1.82, 2.24) is 21.3 Å². The summed E-state index contributed by atoms with van der Waals surface area (Å²) in [6, 6.07) is 11.3. The van der Waals surface area contributed by atoms with Crippen molar-refractivity contribution < 1.29 is 28.3 Å². The molecule has 2 atom stereocenters. The molecule has 3 rings (SSSR count). The molecule has 0 radical (unpaired) electrons. The zero-order chi connectivity index (χ0) is 26.8. The molecule has 0 fully saturated rings. The predicted molar refractivity (Wildman–Crippen MR) is 135 cm³/mol. The Balaban J connectivity index is 1.75. The van der Waals surface area contributed by atoms with Crippen molar-refractivity contribution in [3.63, 3.8) is 0 Å². The van der Waals surface area contributed by atoms with E-state index in [2.05, 4.69) is 21.3 Å². The van der Waals surface area contributed by atoms with Crippen LogP contribution >= 0.6 is 0 Å². The highest BCUT2D eigenvalue weighted by Gasteiger charge is 2.25. The number of fused-ring (bicyclic) bond motifs is 1. The number of rotatable bonds is 5. The van der Waals surface area contributed by atoms with E-state index in [1.54, 1.807) is 36.4 Å². The van der Waals surface area contributed by atoms with Crippen LogP contribution in [0.3, 0.4) is 0 Å². The summed E-state index contributed by atoms with van der Waals surface area (Å²) in [6.45, 7) is 4.03. The van der Waals surface area contributed by atoms with Gasteiger partial charge in [-0.15, -0.1) is 0 Å². The van der Waals surface area contributed by atoms with Gasteiger partial charge in [0, 0.05) is 13.0 Å². The van der Waals surface area contributed by atoms with E-state index in [1.807, 2.05) is 13.8 Å². The quantitative estimate of drug-likeness (QED) is 0.486. The van der Waals surface area contributed by atoms with E-state index in [0.717, 1.165) is 5.56 Å². The second-order valence-corrected chi connectivity index (χ2v) is 9.23. The molecule has 0 aromatic heterocycles. The molecule has 1 aliphatic heterocycles. The summed E-state index contributed by atoms with van der Waals surface area (Å²) in [5.74, 6) is -1.73. The first-order valence-corrected chi connectivity index (χ1v) is 12.3. The van der Waals surface area contributed by atoms with Gasteiger partial charge >= 0.3 is 0 Å². The molecular weight excluding hydrogens is 479 g/mol. The number of amides is 4. The van der Waals surface area contributed by atoms with Gasteiger partial charge in [-0.1, -0.05) is 38.1 Å². The van der Waals surface area contributed by atoms with E-state index in [0.29, 0.717) is 12.2 Å². The van der Waals surface area contributed by atoms with Crippen LogP contribution in [0.2, 0.25) is 0 Å². The molecule has 2 aromatic carbocycles. The second-order valence-electron chi connectivity index (χ2n) is 9.23. The summed E-state index contributed by atoms with van der Waals surface area (Å²) in [6.07, 6.45) is 0.421. The van der Waals surface area contributed by atoms with Gasteiger partial charge in [0.2, 0.25) is 17.7 Å². The van der Waals surface area contributed by atoms with Gasteiger partial charge in [0.1, 0.15) is 24.2 Å². The van der Waals surface area contributed by atoms with Crippen molar-refractivity contribution in [1.29, 1.82) is 0 Å². The van der Waals surface area contributed by atoms with Crippen LogP contribution in [0, 0.1) is 11.7 Å². The highest BCUT2D eigenvalue weighted by atomic mass is 19.1. The summed E-state index contributed by atoms with van der Waals surface area (Å²) >= 11 is 0. The van der Waals surface area contributed by atoms with E-state index in [-0.39, 0.29) is 61.8 Å². The number of para-hydroxylation sites is 1. The summed E-state index contributed by atoms with van der Waals surface area (Å²) in [4.78, 5) is 50.9. The minimum Gasteiger partial charge on any atom is -0.491 e. The maximum Gasteiger partial charge on any atom is 0.255 e. The summed E-state index contributed by atoms with van der Waals surface area (Å²) < 4.78 is 19.0. The molecular formula is C27H33FN4O5. The highest BCUT2D eigenvalue weighted by Crippen LogP contribution is 2.19. The Labute approximate surface area is 215 Å². The zero-order valence-corrected chi connectivity index (χ0v) is 21.0. The Morgan fingerprint density at radius 2 is 1.78 bits per heavy atom. The normalized spacial score (nSPS) is 19.3. The van der Waals surface area contributed by atoms with Crippen molar-refractivity contribution >= 4 is 23.6 Å². The van der Waals surface area contributed by atoms with Gasteiger partial charge in [-0.05, 0) is 48.6 Å². The average Bonchev–Trinajstić information content (AvgIpc) is 2.88. The Bertz CT molecular complexity index is 1110. The number of carbonyl (C=O) groups excluding carboxylic acids is 4. The maximum atomic E-state index is 13.2. The molecule has 198 valence electrons. The van der Waals surface area contributed by atoms with Gasteiger partial charge in [0.25, 0.3) is 5.91 Å². The predicted octanol–water partition coefficient (Wildman–Crippen LogP) is 1.71. The van der Waals surface area contributed by atoms with Gasteiger partial charge < -0.3 is 26.0 Å². The molecule has 2 aromatic rings. The minimum atomic E-state index is -0.998. The van der Waals surface area contributed by atoms with Gasteiger partial charge in [-0.2, -0.15) is 0 Å². The van der Waals surface area contributed by atoms with Crippen LogP contribution in [0.1, 0.15) is 42.6 Å². The highest BCUT2D eigenvalue weighted by molar-refractivity contribution is 5.99. The largest absolute Gasteiger partial charge is 0.491 e. The molecule has 1 aliphatic rings. The Morgan fingerprint density at radius 3 is 2.51 bits per heavy atom. The average molecular weight is 513 g/mol. The van der Waals surface area contributed by atoms with Crippen LogP contribution in [0.25, 0.3) is 0 Å². The Morgan fingerprint density at radius 1 is 1.05 bits per heavy atom. The summed E-state index contributed by atoms with van der Waals surface area (Å²) in [5, 5.41) is 10.9. The summed E-state index contributed by atoms with van der Waals surface area (Å²) in [5.41, 5.74) is 1.08. The van der Waals surface area contributed by atoms with Crippen LogP contribution in [0.5, 0.6) is 5.75 Å². The molecule has 1 heterocycles. The van der Waals surface area contributed by atoms with Gasteiger partial charge in [-0.25, -0.2) is 4.39 Å². The lowest BCUT2D eigenvalue weighted by Gasteiger charge is -2.23. The molecule has 0 unspecified atom stereocenters. The smallest absolute Gasteiger partial charge is 0.255 e. The number of halogens is 1. The lowest BCUT2D eigenvalue weighted by molar-refractivity contribution is -0.127. The van der Waals surface area contributed by atoms with E-state index < -0.39 is 23.8 Å². The van der Waals surface area contributed by atoms with Crippen LogP contribution < -0.4 is 26.0 Å². The third-order valence-electron chi connectivity index (χ3n) is 6.06. The number of benzene rings is 2. The first kappa shape index (κ1) is 27.6. The number of ether oxygens (including phenoxy) is 1. The maximum absolute atomic E-state index is 13.2. The first-order chi connectivity index (χ1) is 17.7. The molecule has 0 aliphatic carbocycles. The number of hydrogen-bond acceptors (Lipinski definition) is 5. The van der Waals surface area contributed by atoms with E-state index in [1.165, 1.54) is 12.1 Å². The fourth-order valence-electron chi connectivity index (χ4n) is 3.77. The SMILES string of the molecule is CC(C)[C@H]1COc2ccccc2C(=O)N[C@H](C(=O)NCCc2ccc(F)cc2)CCC(=O)NCC(=O)N1. The van der Waals surface area contributed by atoms with E-state index in [9.17, 15) is 23.6 Å². The standard InChI is InChI=1S/C27H33FN4O5/c1-17(2)22-16-37-23-6-4-3-5-20(23)26(35)32-21(11-12-24(33)30-15-25(34)31-22)27(36)29-14-13-18-7-9-19(28)10-8-18/h3-10,17,21-22H,11-16H2,1-2H3,(H,29,36)(H,30,33)(H,31,34)(H,32,35)/t21-,22+/m0/s1. The monoisotopic (exact) mass is 512 g/mol. The molecule has 4 N–H and O–H groups in total. The van der Waals surface area contributed by atoms with Crippen molar-refractivity contribution in [3.05, 3.63) is 65.5 Å². The van der Waals surface area contributed by atoms with Crippen molar-refractivity contribution in [2.45, 2.75) is 45.2 Å². The molecule has 37 heavy (non-hydrogen) atoms. The van der Waals surface area contributed by atoms with Crippen LogP contribution in [-0.4, -0.2) is 55.4 Å². The molecule has 4 amide bonds. The second kappa shape index (κ2) is 13.4. The molecule has 0 bridgehead atoms. The molecule has 0 saturated carbocycles. The number of carbonyl (C=O) groups is 4. The van der Waals surface area contributed by atoms with Crippen LogP contribution in [0.4, 0.5) is 4.39 Å². The third kappa shape index (κ3) is 8.59. The fourth-order valence-corrected chi connectivity index (χ4v) is 3.77. The molecule has 9 nitrogen and oxygen atoms in total. The van der Waals surface area contributed by atoms with Gasteiger partial charge in [-0.3, -0.25) is 19.2 Å². The van der Waals surface area contributed by atoms with E-state index >= 15 is 0 Å². The first-order valence-electron chi connectivity index (χ1n) is 12.3. The number of hydrogen-bond donors (Lipinski definition) is 4. The Hall–Kier alpha value is -3.95. The topological polar surface area (TPSA) is 126 Å². The minimum absolute atomic E-state index is 0.0270. The fraction of sp³-hybridized carbons (Fsp3) is 0.407. The van der Waals surface area contributed by atoms with Crippen molar-refractivity contribution in [2.24, 2.45) is 5.92 Å². The number of nitrogens with one attached hydrogen (secondary N) is 4.